The minimum Gasteiger partial charge on any atom is -0.379 e. The molecular weight excluding hydrogens is 441 g/mol. The van der Waals surface area contributed by atoms with E-state index >= 15 is 0 Å². The molecular formula is C22H23Cl2N3O2S. The molecule has 158 valence electrons. The maximum absolute atomic E-state index is 13.5. The minimum absolute atomic E-state index is 0.157. The number of hydrogen-bond acceptors (Lipinski definition) is 5. The summed E-state index contributed by atoms with van der Waals surface area (Å²) in [5, 5.41) is 1.55. The maximum atomic E-state index is 13.5. The van der Waals surface area contributed by atoms with Gasteiger partial charge < -0.3 is 4.74 Å². The third-order valence-electron chi connectivity index (χ3n) is 5.21. The molecule has 0 radical (unpaired) electrons. The van der Waals surface area contributed by atoms with E-state index in [0.717, 1.165) is 55.0 Å². The Morgan fingerprint density at radius 1 is 1.23 bits per heavy atom. The van der Waals surface area contributed by atoms with Crippen molar-refractivity contribution in [1.29, 1.82) is 0 Å². The molecule has 0 unspecified atom stereocenters. The number of amides is 1. The van der Waals surface area contributed by atoms with Crippen molar-refractivity contribution in [1.82, 2.24) is 9.88 Å². The molecule has 1 amide bonds. The fourth-order valence-corrected chi connectivity index (χ4v) is 5.12. The number of halogens is 2. The van der Waals surface area contributed by atoms with Crippen LogP contribution in [0.15, 0.2) is 36.4 Å². The summed E-state index contributed by atoms with van der Waals surface area (Å²) >= 11 is 13.9. The quantitative estimate of drug-likeness (QED) is 0.498. The Bertz CT molecular complexity index is 1050. The van der Waals surface area contributed by atoms with Gasteiger partial charge in [0.1, 0.15) is 0 Å². The fourth-order valence-electron chi connectivity index (χ4n) is 3.56. The highest BCUT2D eigenvalue weighted by Crippen LogP contribution is 2.32. The number of benzene rings is 2. The molecule has 4 rings (SSSR count). The second-order valence-corrected chi connectivity index (χ2v) is 9.16. The van der Waals surface area contributed by atoms with Gasteiger partial charge in [-0.1, -0.05) is 46.7 Å². The predicted octanol–water partition coefficient (Wildman–Crippen LogP) is 5.28. The molecule has 2 heterocycles. The van der Waals surface area contributed by atoms with Crippen molar-refractivity contribution < 1.29 is 9.53 Å². The highest BCUT2D eigenvalue weighted by molar-refractivity contribution is 7.22. The van der Waals surface area contributed by atoms with Crippen LogP contribution in [-0.4, -0.2) is 55.2 Å². The molecule has 1 saturated heterocycles. The van der Waals surface area contributed by atoms with E-state index in [1.54, 1.807) is 23.1 Å². The van der Waals surface area contributed by atoms with Gasteiger partial charge in [0, 0.05) is 31.2 Å². The van der Waals surface area contributed by atoms with Crippen LogP contribution in [0.25, 0.3) is 10.2 Å². The van der Waals surface area contributed by atoms with E-state index in [-0.39, 0.29) is 5.91 Å². The normalized spacial score (nSPS) is 14.9. The first kappa shape index (κ1) is 21.5. The summed E-state index contributed by atoms with van der Waals surface area (Å²) in [4.78, 5) is 22.4. The lowest BCUT2D eigenvalue weighted by Gasteiger charge is -2.27. The van der Waals surface area contributed by atoms with Crippen LogP contribution in [0.1, 0.15) is 22.3 Å². The first-order valence-corrected chi connectivity index (χ1v) is 11.5. The molecule has 30 heavy (non-hydrogen) atoms. The smallest absolute Gasteiger partial charge is 0.261 e. The first-order valence-electron chi connectivity index (χ1n) is 9.96. The van der Waals surface area contributed by atoms with Crippen molar-refractivity contribution in [2.24, 2.45) is 0 Å². The van der Waals surface area contributed by atoms with Gasteiger partial charge in [-0.05, 0) is 43.2 Å². The highest BCUT2D eigenvalue weighted by atomic mass is 35.5. The van der Waals surface area contributed by atoms with E-state index in [2.05, 4.69) is 4.90 Å². The average Bonchev–Trinajstić information content (AvgIpc) is 3.17. The number of carbonyl (C=O) groups excluding carboxylic acids is 1. The van der Waals surface area contributed by atoms with Crippen LogP contribution in [0.3, 0.4) is 0 Å². The molecule has 0 N–H and O–H groups in total. The largest absolute Gasteiger partial charge is 0.379 e. The number of hydrogen-bond donors (Lipinski definition) is 0. The summed E-state index contributed by atoms with van der Waals surface area (Å²) in [6, 6.07) is 11.1. The first-order chi connectivity index (χ1) is 14.5. The van der Waals surface area contributed by atoms with E-state index in [1.165, 1.54) is 11.3 Å². The van der Waals surface area contributed by atoms with E-state index in [0.29, 0.717) is 27.3 Å². The lowest BCUT2D eigenvalue weighted by atomic mass is 10.2. The molecule has 0 bridgehead atoms. The summed E-state index contributed by atoms with van der Waals surface area (Å²) in [6.07, 6.45) is 0.839. The number of carbonyl (C=O) groups is 1. The minimum atomic E-state index is -0.157. The zero-order chi connectivity index (χ0) is 21.1. The molecule has 0 spiro atoms. The molecule has 0 saturated carbocycles. The molecule has 1 aliphatic heterocycles. The maximum Gasteiger partial charge on any atom is 0.261 e. The summed E-state index contributed by atoms with van der Waals surface area (Å²) in [5.74, 6) is -0.157. The third kappa shape index (κ3) is 4.79. The summed E-state index contributed by atoms with van der Waals surface area (Å²) in [6.45, 7) is 6.89. The van der Waals surface area contributed by atoms with Crippen LogP contribution < -0.4 is 4.90 Å². The van der Waals surface area contributed by atoms with Gasteiger partial charge in [-0.25, -0.2) is 4.98 Å². The van der Waals surface area contributed by atoms with Crippen molar-refractivity contribution in [2.75, 3.05) is 44.3 Å². The number of thiazole rings is 1. The van der Waals surface area contributed by atoms with E-state index in [4.69, 9.17) is 32.9 Å². The summed E-state index contributed by atoms with van der Waals surface area (Å²) in [5.41, 5.74) is 2.47. The molecule has 1 aromatic heterocycles. The topological polar surface area (TPSA) is 45.7 Å². The molecule has 8 heteroatoms. The van der Waals surface area contributed by atoms with Crippen LogP contribution in [0.2, 0.25) is 10.0 Å². The van der Waals surface area contributed by atoms with Gasteiger partial charge in [-0.2, -0.15) is 0 Å². The number of anilines is 1. The van der Waals surface area contributed by atoms with Crippen molar-refractivity contribution in [2.45, 2.75) is 13.3 Å². The van der Waals surface area contributed by atoms with Gasteiger partial charge in [0.25, 0.3) is 5.91 Å². The van der Waals surface area contributed by atoms with E-state index < -0.39 is 0 Å². The van der Waals surface area contributed by atoms with Crippen LogP contribution in [-0.2, 0) is 4.74 Å². The zero-order valence-corrected chi connectivity index (χ0v) is 19.1. The molecule has 3 aromatic rings. The van der Waals surface area contributed by atoms with Crippen LogP contribution in [0.5, 0.6) is 0 Å². The molecule has 0 atom stereocenters. The van der Waals surface area contributed by atoms with Gasteiger partial charge >= 0.3 is 0 Å². The molecule has 1 aliphatic rings. The Kier molecular flexibility index (Phi) is 6.91. The van der Waals surface area contributed by atoms with Crippen molar-refractivity contribution in [3.8, 4) is 0 Å². The van der Waals surface area contributed by atoms with Gasteiger partial charge in [-0.15, -0.1) is 0 Å². The van der Waals surface area contributed by atoms with Gasteiger partial charge in [-0.3, -0.25) is 14.6 Å². The SMILES string of the molecule is Cc1cccc2sc(N(CCCN3CCOCC3)C(=O)c3ccc(Cl)cc3Cl)nc12. The molecule has 5 nitrogen and oxygen atoms in total. The lowest BCUT2D eigenvalue weighted by Crippen LogP contribution is -2.39. The van der Waals surface area contributed by atoms with Crippen molar-refractivity contribution in [3.05, 3.63) is 57.6 Å². The number of fused-ring (bicyclic) bond motifs is 1. The van der Waals surface area contributed by atoms with Crippen LogP contribution in [0, 0.1) is 6.92 Å². The number of rotatable bonds is 6. The Labute approximate surface area is 190 Å². The Balaban J connectivity index is 1.61. The third-order valence-corrected chi connectivity index (χ3v) is 6.80. The van der Waals surface area contributed by atoms with Crippen LogP contribution >= 0.6 is 34.5 Å². The Morgan fingerprint density at radius 3 is 2.77 bits per heavy atom. The number of nitrogens with zero attached hydrogens (tertiary/aromatic N) is 3. The standard InChI is InChI=1S/C22H23Cl2N3O2S/c1-15-4-2-5-19-20(15)25-22(30-19)27(9-3-8-26-10-12-29-13-11-26)21(28)17-7-6-16(23)14-18(17)24/h2,4-7,14H,3,8-13H2,1H3. The molecule has 0 aliphatic carbocycles. The number of morpholine rings is 1. The Hall–Kier alpha value is -1.70. The second-order valence-electron chi connectivity index (χ2n) is 7.31. The average molecular weight is 464 g/mol. The molecule has 1 fully saturated rings. The second kappa shape index (κ2) is 9.62. The van der Waals surface area contributed by atoms with Gasteiger partial charge in [0.05, 0.1) is 34.0 Å². The number of para-hydroxylation sites is 1. The Morgan fingerprint density at radius 2 is 2.03 bits per heavy atom. The zero-order valence-electron chi connectivity index (χ0n) is 16.7. The van der Waals surface area contributed by atoms with E-state index in [1.807, 2.05) is 25.1 Å². The summed E-state index contributed by atoms with van der Waals surface area (Å²) < 4.78 is 6.49. The number of aryl methyl sites for hydroxylation is 1. The fraction of sp³-hybridized carbons (Fsp3) is 0.364. The van der Waals surface area contributed by atoms with Gasteiger partial charge in [0.2, 0.25) is 0 Å². The summed E-state index contributed by atoms with van der Waals surface area (Å²) in [7, 11) is 0. The number of aromatic nitrogens is 1. The van der Waals surface area contributed by atoms with Gasteiger partial charge in [0.15, 0.2) is 5.13 Å². The monoisotopic (exact) mass is 463 g/mol. The van der Waals surface area contributed by atoms with E-state index in [9.17, 15) is 4.79 Å². The van der Waals surface area contributed by atoms with Crippen LogP contribution in [0.4, 0.5) is 5.13 Å². The highest BCUT2D eigenvalue weighted by Gasteiger charge is 2.24. The molecule has 2 aromatic carbocycles. The van der Waals surface area contributed by atoms with Crippen molar-refractivity contribution in [3.63, 3.8) is 0 Å². The van der Waals surface area contributed by atoms with Crippen molar-refractivity contribution >= 4 is 55.8 Å². The number of ether oxygens (including phenoxy) is 1. The lowest BCUT2D eigenvalue weighted by molar-refractivity contribution is 0.0376. The predicted molar refractivity (Wildman–Crippen MR) is 124 cm³/mol.